The van der Waals surface area contributed by atoms with Crippen LogP contribution in [0.2, 0.25) is 0 Å². The quantitative estimate of drug-likeness (QED) is 0.144. The molecule has 0 saturated heterocycles. The fraction of sp³-hybridized carbons (Fsp3) is 0. The van der Waals surface area contributed by atoms with Crippen LogP contribution in [0.4, 0.5) is 11.4 Å². The highest BCUT2D eigenvalue weighted by atomic mass is 32.1. The number of anilines is 1. The molecule has 9 nitrogen and oxygen atoms in total. The largest absolute Gasteiger partial charge is 0.501 e. The van der Waals surface area contributed by atoms with Gasteiger partial charge >= 0.3 is 5.69 Å². The number of nitro groups is 1. The van der Waals surface area contributed by atoms with Crippen molar-refractivity contribution < 1.29 is 14.8 Å². The van der Waals surface area contributed by atoms with Gasteiger partial charge in [0.25, 0.3) is 0 Å². The molecule has 0 aliphatic carbocycles. The molecule has 0 aliphatic rings. The first-order valence-electron chi connectivity index (χ1n) is 5.96. The number of nitro benzene ring substituents is 1. The van der Waals surface area contributed by atoms with Gasteiger partial charge in [-0.15, -0.1) is 11.3 Å². The Morgan fingerprint density at radius 1 is 1.48 bits per heavy atom. The normalized spacial score (nSPS) is 11.4. The summed E-state index contributed by atoms with van der Waals surface area (Å²) >= 11 is 1.17. The molecular weight excluding hydrogens is 322 g/mol. The number of phenols is 1. The van der Waals surface area contributed by atoms with E-state index in [1.165, 1.54) is 22.2 Å². The fourth-order valence-electron chi connectivity index (χ4n) is 1.77. The fourth-order valence-corrected chi connectivity index (χ4v) is 2.30. The van der Waals surface area contributed by atoms with Crippen molar-refractivity contribution in [3.63, 3.8) is 0 Å². The molecule has 1 heterocycles. The third-order valence-electron chi connectivity index (χ3n) is 2.90. The van der Waals surface area contributed by atoms with Crippen LogP contribution in [0, 0.1) is 21.4 Å². The number of aromatic nitrogens is 1. The van der Waals surface area contributed by atoms with Crippen molar-refractivity contribution in [3.05, 3.63) is 50.0 Å². The van der Waals surface area contributed by atoms with Crippen LogP contribution < -0.4 is 11.5 Å². The molecule has 0 unspecified atom stereocenters. The van der Waals surface area contributed by atoms with E-state index in [-0.39, 0.29) is 22.6 Å². The van der Waals surface area contributed by atoms with E-state index < -0.39 is 27.7 Å². The second-order valence-corrected chi connectivity index (χ2v) is 5.01. The Bertz CT molecular complexity index is 867. The van der Waals surface area contributed by atoms with Crippen molar-refractivity contribution in [2.75, 3.05) is 5.73 Å². The lowest BCUT2D eigenvalue weighted by Gasteiger charge is -2.07. The zero-order valence-corrected chi connectivity index (χ0v) is 12.2. The molecule has 0 atom stereocenters. The van der Waals surface area contributed by atoms with E-state index in [0.29, 0.717) is 0 Å². The van der Waals surface area contributed by atoms with Gasteiger partial charge in [0.15, 0.2) is 0 Å². The van der Waals surface area contributed by atoms with Gasteiger partial charge in [-0.1, -0.05) is 0 Å². The Labute approximate surface area is 133 Å². The highest BCUT2D eigenvalue weighted by molar-refractivity contribution is 7.07. The lowest BCUT2D eigenvalue weighted by molar-refractivity contribution is -0.385. The monoisotopic (exact) mass is 331 g/mol. The highest BCUT2D eigenvalue weighted by Crippen LogP contribution is 2.35. The number of nitrogen functional groups attached to an aromatic ring is 1. The molecule has 5 N–H and O–H groups in total. The van der Waals surface area contributed by atoms with Gasteiger partial charge in [-0.25, -0.2) is 4.98 Å². The minimum atomic E-state index is -0.850. The van der Waals surface area contributed by atoms with E-state index in [1.54, 1.807) is 6.07 Å². The third-order valence-corrected chi connectivity index (χ3v) is 3.49. The van der Waals surface area contributed by atoms with Crippen molar-refractivity contribution in [2.45, 2.75) is 0 Å². The predicted octanol–water partition coefficient (Wildman–Crippen LogP) is 1.42. The van der Waals surface area contributed by atoms with Crippen LogP contribution >= 0.6 is 11.3 Å². The average Bonchev–Trinajstić information content (AvgIpc) is 3.04. The maximum atomic E-state index is 12.2. The lowest BCUT2D eigenvalue weighted by Crippen LogP contribution is -2.10. The first kappa shape index (κ1) is 15.9. The van der Waals surface area contributed by atoms with Crippen molar-refractivity contribution >= 4 is 34.2 Å². The number of allylic oxidation sites excluding steroid dienone is 1. The molecule has 0 spiro atoms. The second kappa shape index (κ2) is 6.12. The van der Waals surface area contributed by atoms with Crippen LogP contribution in [-0.4, -0.2) is 20.8 Å². The van der Waals surface area contributed by atoms with Crippen LogP contribution in [-0.2, 0) is 0 Å². The standard InChI is InChI=1S/C13H9N5O4S/c14-3-7(12(19)9-4-23-5-17-9)11(16)6-1-8(15)13(20)10(2-6)18(21)22/h1-2,4-5,20H,15-16H2/b11-7-. The number of nitriles is 1. The van der Waals surface area contributed by atoms with E-state index in [4.69, 9.17) is 11.5 Å². The minimum absolute atomic E-state index is 0.0212. The number of carbonyl (C=O) groups excluding carboxylic acids is 1. The van der Waals surface area contributed by atoms with Crippen LogP contribution in [0.3, 0.4) is 0 Å². The Balaban J connectivity index is 2.61. The van der Waals surface area contributed by atoms with Crippen LogP contribution in [0.15, 0.2) is 28.6 Å². The topological polar surface area (TPSA) is 169 Å². The van der Waals surface area contributed by atoms with Crippen molar-refractivity contribution in [1.29, 1.82) is 5.26 Å². The maximum absolute atomic E-state index is 12.2. The van der Waals surface area contributed by atoms with Gasteiger partial charge in [0, 0.05) is 17.0 Å². The third kappa shape index (κ3) is 2.94. The summed E-state index contributed by atoms with van der Waals surface area (Å²) in [5.41, 5.74) is 11.0. The molecule has 0 fully saturated rings. The van der Waals surface area contributed by atoms with E-state index in [0.717, 1.165) is 12.1 Å². The minimum Gasteiger partial charge on any atom is -0.501 e. The molecule has 0 aliphatic heterocycles. The van der Waals surface area contributed by atoms with Gasteiger partial charge in [0.2, 0.25) is 11.5 Å². The summed E-state index contributed by atoms with van der Waals surface area (Å²) in [6.07, 6.45) is 0. The van der Waals surface area contributed by atoms with E-state index in [2.05, 4.69) is 4.98 Å². The van der Waals surface area contributed by atoms with Crippen molar-refractivity contribution in [2.24, 2.45) is 5.73 Å². The number of nitrogens with two attached hydrogens (primary N) is 2. The molecule has 0 radical (unpaired) electrons. The summed E-state index contributed by atoms with van der Waals surface area (Å²) in [4.78, 5) is 26.0. The molecule has 1 aromatic heterocycles. The molecule has 10 heteroatoms. The van der Waals surface area contributed by atoms with Crippen molar-refractivity contribution in [3.8, 4) is 11.8 Å². The number of hydrogen-bond acceptors (Lipinski definition) is 9. The molecular formula is C13H9N5O4S. The maximum Gasteiger partial charge on any atom is 0.313 e. The summed E-state index contributed by atoms with van der Waals surface area (Å²) in [6.45, 7) is 0. The summed E-state index contributed by atoms with van der Waals surface area (Å²) in [6, 6.07) is 3.75. The number of Topliss-reactive ketones (excluding diaryl/α,β-unsaturated/α-hetero) is 1. The van der Waals surface area contributed by atoms with Gasteiger partial charge in [0.1, 0.15) is 17.3 Å². The number of nitrogens with zero attached hydrogens (tertiary/aromatic N) is 3. The van der Waals surface area contributed by atoms with Gasteiger partial charge in [0.05, 0.1) is 21.8 Å². The summed E-state index contributed by atoms with van der Waals surface area (Å²) < 4.78 is 0. The SMILES string of the molecule is N#C/C(C(=O)c1cscn1)=C(/N)c1cc(N)c(O)c([N+](=O)[O-])c1. The zero-order chi connectivity index (χ0) is 17.1. The Morgan fingerprint density at radius 2 is 2.17 bits per heavy atom. The van der Waals surface area contributed by atoms with Gasteiger partial charge in [-0.3, -0.25) is 14.9 Å². The first-order valence-corrected chi connectivity index (χ1v) is 6.91. The predicted molar refractivity (Wildman–Crippen MR) is 82.3 cm³/mol. The number of rotatable bonds is 4. The van der Waals surface area contributed by atoms with Gasteiger partial charge in [-0.2, -0.15) is 5.26 Å². The smallest absolute Gasteiger partial charge is 0.313 e. The summed E-state index contributed by atoms with van der Waals surface area (Å²) in [7, 11) is 0. The molecule has 2 rings (SSSR count). The van der Waals surface area contributed by atoms with Crippen LogP contribution in [0.5, 0.6) is 5.75 Å². The molecule has 1 aromatic carbocycles. The van der Waals surface area contributed by atoms with Gasteiger partial charge < -0.3 is 16.6 Å². The number of hydrogen-bond donors (Lipinski definition) is 3. The van der Waals surface area contributed by atoms with Crippen LogP contribution in [0.25, 0.3) is 5.70 Å². The first-order chi connectivity index (χ1) is 10.9. The summed E-state index contributed by atoms with van der Waals surface area (Å²) in [5, 5.41) is 31.1. The second-order valence-electron chi connectivity index (χ2n) is 4.29. The molecule has 2 aromatic rings. The number of phenolic OH excluding ortho intramolecular Hbond substituents is 1. The Hall–Kier alpha value is -3.45. The molecule has 0 amide bonds. The van der Waals surface area contributed by atoms with E-state index in [1.807, 2.05) is 0 Å². The number of carbonyl (C=O) groups is 1. The number of ketones is 1. The Kier molecular flexibility index (Phi) is 4.24. The van der Waals surface area contributed by atoms with Gasteiger partial charge in [-0.05, 0) is 6.07 Å². The molecule has 116 valence electrons. The molecule has 23 heavy (non-hydrogen) atoms. The Morgan fingerprint density at radius 3 is 2.70 bits per heavy atom. The average molecular weight is 331 g/mol. The van der Waals surface area contributed by atoms with E-state index in [9.17, 15) is 25.3 Å². The molecule has 0 saturated carbocycles. The highest BCUT2D eigenvalue weighted by Gasteiger charge is 2.23. The molecule has 0 bridgehead atoms. The lowest BCUT2D eigenvalue weighted by atomic mass is 10.0. The number of benzene rings is 1. The number of aromatic hydroxyl groups is 1. The summed E-state index contributed by atoms with van der Waals surface area (Å²) in [5.74, 6) is -1.42. The number of thiazole rings is 1. The van der Waals surface area contributed by atoms with E-state index >= 15 is 0 Å². The van der Waals surface area contributed by atoms with Crippen LogP contribution in [0.1, 0.15) is 16.1 Å². The van der Waals surface area contributed by atoms with Crippen molar-refractivity contribution in [1.82, 2.24) is 4.98 Å². The zero-order valence-electron chi connectivity index (χ0n) is 11.4.